The Labute approximate surface area is 112 Å². The van der Waals surface area contributed by atoms with E-state index in [0.29, 0.717) is 5.69 Å². The van der Waals surface area contributed by atoms with Crippen molar-refractivity contribution >= 4 is 17.5 Å². The van der Waals surface area contributed by atoms with Gasteiger partial charge in [0.2, 0.25) is 11.8 Å². The summed E-state index contributed by atoms with van der Waals surface area (Å²) in [5.41, 5.74) is 6.36. The highest BCUT2D eigenvalue weighted by Gasteiger charge is 2.19. The number of carbonyl (C=O) groups excluding carboxylic acids is 2. The third-order valence-corrected chi connectivity index (χ3v) is 3.04. The summed E-state index contributed by atoms with van der Waals surface area (Å²) in [6, 6.07) is -0.549. The zero-order chi connectivity index (χ0) is 14.4. The van der Waals surface area contributed by atoms with Gasteiger partial charge in [-0.3, -0.25) is 14.3 Å². The standard InChI is InChI=1S/C12H21N5O2/c1-4-8(2)11(13)12(19)16-9-5-15-17(6-9)7-10(18)14-3/h5-6,8,11H,4,7,13H2,1-3H3,(H,14,18)(H,16,19)/t8?,11-/m0/s1. The molecule has 1 aromatic rings. The predicted octanol–water partition coefficient (Wildman–Crippen LogP) is -0.0590. The molecule has 106 valence electrons. The second-order valence-corrected chi connectivity index (χ2v) is 4.50. The summed E-state index contributed by atoms with van der Waals surface area (Å²) in [7, 11) is 1.56. The van der Waals surface area contributed by atoms with Gasteiger partial charge in [0.25, 0.3) is 0 Å². The Kier molecular flexibility index (Phi) is 5.50. The van der Waals surface area contributed by atoms with E-state index in [1.54, 1.807) is 13.2 Å². The summed E-state index contributed by atoms with van der Waals surface area (Å²) in [4.78, 5) is 23.0. The first-order chi connectivity index (χ1) is 8.97. The molecule has 0 radical (unpaired) electrons. The van der Waals surface area contributed by atoms with Crippen molar-refractivity contribution in [1.29, 1.82) is 0 Å². The fourth-order valence-electron chi connectivity index (χ4n) is 1.48. The minimum absolute atomic E-state index is 0.112. The number of likely N-dealkylation sites (N-methyl/N-ethyl adjacent to an activating group) is 1. The van der Waals surface area contributed by atoms with Crippen molar-refractivity contribution in [2.45, 2.75) is 32.9 Å². The molecule has 0 spiro atoms. The number of nitrogens with zero attached hydrogens (tertiary/aromatic N) is 2. The van der Waals surface area contributed by atoms with Crippen LogP contribution in [-0.4, -0.2) is 34.7 Å². The van der Waals surface area contributed by atoms with E-state index >= 15 is 0 Å². The van der Waals surface area contributed by atoms with Crippen molar-refractivity contribution in [3.8, 4) is 0 Å². The van der Waals surface area contributed by atoms with E-state index in [2.05, 4.69) is 15.7 Å². The van der Waals surface area contributed by atoms with E-state index < -0.39 is 6.04 Å². The molecule has 1 rings (SSSR count). The van der Waals surface area contributed by atoms with E-state index in [0.717, 1.165) is 6.42 Å². The van der Waals surface area contributed by atoms with Gasteiger partial charge in [0.05, 0.1) is 17.9 Å². The molecular formula is C12H21N5O2. The molecule has 2 amide bonds. The first-order valence-electron chi connectivity index (χ1n) is 6.27. The largest absolute Gasteiger partial charge is 0.358 e. The Bertz CT molecular complexity index is 443. The van der Waals surface area contributed by atoms with Crippen LogP contribution in [0.3, 0.4) is 0 Å². The molecular weight excluding hydrogens is 246 g/mol. The third-order valence-electron chi connectivity index (χ3n) is 3.04. The number of hydrogen-bond donors (Lipinski definition) is 3. The van der Waals surface area contributed by atoms with Crippen LogP contribution < -0.4 is 16.4 Å². The monoisotopic (exact) mass is 267 g/mol. The maximum absolute atomic E-state index is 11.8. The van der Waals surface area contributed by atoms with Gasteiger partial charge in [0, 0.05) is 13.2 Å². The average Bonchev–Trinajstić information content (AvgIpc) is 2.83. The lowest BCUT2D eigenvalue weighted by Gasteiger charge is -2.16. The molecule has 0 aliphatic rings. The molecule has 0 aromatic carbocycles. The zero-order valence-electron chi connectivity index (χ0n) is 11.5. The first kappa shape index (κ1) is 15.2. The molecule has 0 saturated heterocycles. The lowest BCUT2D eigenvalue weighted by Crippen LogP contribution is -2.40. The quantitative estimate of drug-likeness (QED) is 0.672. The fraction of sp³-hybridized carbons (Fsp3) is 0.583. The Hall–Kier alpha value is -1.89. The molecule has 19 heavy (non-hydrogen) atoms. The van der Waals surface area contributed by atoms with Crippen molar-refractivity contribution in [3.63, 3.8) is 0 Å². The Morgan fingerprint density at radius 2 is 2.21 bits per heavy atom. The number of hydrogen-bond acceptors (Lipinski definition) is 4. The molecule has 1 aromatic heterocycles. The van der Waals surface area contributed by atoms with E-state index in [4.69, 9.17) is 5.73 Å². The average molecular weight is 267 g/mol. The third kappa shape index (κ3) is 4.36. The van der Waals surface area contributed by atoms with Crippen LogP contribution >= 0.6 is 0 Å². The summed E-state index contributed by atoms with van der Waals surface area (Å²) >= 11 is 0. The SMILES string of the molecule is CCC(C)[C@H](N)C(=O)Nc1cnn(CC(=O)NC)c1. The maximum Gasteiger partial charge on any atom is 0.241 e. The lowest BCUT2D eigenvalue weighted by atomic mass is 9.99. The number of carbonyl (C=O) groups is 2. The van der Waals surface area contributed by atoms with Crippen molar-refractivity contribution in [1.82, 2.24) is 15.1 Å². The van der Waals surface area contributed by atoms with Crippen LogP contribution in [-0.2, 0) is 16.1 Å². The molecule has 4 N–H and O–H groups in total. The summed E-state index contributed by atoms with van der Waals surface area (Å²) in [6.07, 6.45) is 3.92. The molecule has 0 fully saturated rings. The number of amides is 2. The molecule has 1 unspecified atom stereocenters. The van der Waals surface area contributed by atoms with Gasteiger partial charge in [-0.2, -0.15) is 5.10 Å². The molecule has 7 heteroatoms. The molecule has 0 saturated carbocycles. The topological polar surface area (TPSA) is 102 Å². The zero-order valence-corrected chi connectivity index (χ0v) is 11.5. The Morgan fingerprint density at radius 3 is 2.79 bits per heavy atom. The van der Waals surface area contributed by atoms with Crippen LogP contribution in [0.15, 0.2) is 12.4 Å². The van der Waals surface area contributed by atoms with Crippen LogP contribution in [0.2, 0.25) is 0 Å². The number of anilines is 1. The second kappa shape index (κ2) is 6.89. The van der Waals surface area contributed by atoms with Gasteiger partial charge >= 0.3 is 0 Å². The number of rotatable bonds is 6. The normalized spacial score (nSPS) is 13.7. The van der Waals surface area contributed by atoms with Gasteiger partial charge in [-0.1, -0.05) is 20.3 Å². The van der Waals surface area contributed by atoms with Crippen molar-refractivity contribution < 1.29 is 9.59 Å². The highest BCUT2D eigenvalue weighted by atomic mass is 16.2. The van der Waals surface area contributed by atoms with E-state index in [-0.39, 0.29) is 24.3 Å². The number of nitrogens with one attached hydrogen (secondary N) is 2. The van der Waals surface area contributed by atoms with Gasteiger partial charge in [-0.05, 0) is 5.92 Å². The van der Waals surface area contributed by atoms with E-state index in [9.17, 15) is 9.59 Å². The van der Waals surface area contributed by atoms with Crippen LogP contribution in [0.25, 0.3) is 0 Å². The second-order valence-electron chi connectivity index (χ2n) is 4.50. The lowest BCUT2D eigenvalue weighted by molar-refractivity contribution is -0.121. The van der Waals surface area contributed by atoms with Gasteiger partial charge < -0.3 is 16.4 Å². The Morgan fingerprint density at radius 1 is 1.53 bits per heavy atom. The summed E-state index contributed by atoms with van der Waals surface area (Å²) in [5, 5.41) is 9.17. The highest BCUT2D eigenvalue weighted by molar-refractivity contribution is 5.94. The van der Waals surface area contributed by atoms with Gasteiger partial charge in [0.15, 0.2) is 0 Å². The van der Waals surface area contributed by atoms with Crippen molar-refractivity contribution in [2.75, 3.05) is 12.4 Å². The molecule has 0 aliphatic carbocycles. The molecule has 1 heterocycles. The van der Waals surface area contributed by atoms with Gasteiger partial charge in [-0.25, -0.2) is 0 Å². The fourth-order valence-corrected chi connectivity index (χ4v) is 1.48. The first-order valence-corrected chi connectivity index (χ1v) is 6.27. The van der Waals surface area contributed by atoms with E-state index in [1.165, 1.54) is 10.9 Å². The summed E-state index contributed by atoms with van der Waals surface area (Å²) in [5.74, 6) is -0.285. The maximum atomic E-state index is 11.8. The van der Waals surface area contributed by atoms with Gasteiger partial charge in [0.1, 0.15) is 6.54 Å². The minimum atomic E-state index is -0.549. The van der Waals surface area contributed by atoms with Crippen molar-refractivity contribution in [2.24, 2.45) is 11.7 Å². The number of nitrogens with two attached hydrogens (primary N) is 1. The Balaban J connectivity index is 2.58. The smallest absolute Gasteiger partial charge is 0.241 e. The summed E-state index contributed by atoms with van der Waals surface area (Å²) in [6.45, 7) is 4.03. The van der Waals surface area contributed by atoms with Crippen LogP contribution in [0.5, 0.6) is 0 Å². The summed E-state index contributed by atoms with van der Waals surface area (Å²) < 4.78 is 1.45. The van der Waals surface area contributed by atoms with E-state index in [1.807, 2.05) is 13.8 Å². The molecule has 7 nitrogen and oxygen atoms in total. The minimum Gasteiger partial charge on any atom is -0.358 e. The van der Waals surface area contributed by atoms with Gasteiger partial charge in [-0.15, -0.1) is 0 Å². The number of aromatic nitrogens is 2. The van der Waals surface area contributed by atoms with Crippen molar-refractivity contribution in [3.05, 3.63) is 12.4 Å². The highest BCUT2D eigenvalue weighted by Crippen LogP contribution is 2.10. The molecule has 0 aliphatic heterocycles. The predicted molar refractivity (Wildman–Crippen MR) is 72.4 cm³/mol. The molecule has 0 bridgehead atoms. The van der Waals surface area contributed by atoms with Crippen LogP contribution in [0.1, 0.15) is 20.3 Å². The van der Waals surface area contributed by atoms with Crippen LogP contribution in [0.4, 0.5) is 5.69 Å². The molecule has 2 atom stereocenters. The van der Waals surface area contributed by atoms with Crippen LogP contribution in [0, 0.1) is 5.92 Å².